The number of nitrogens with zero attached hydrogens (tertiary/aromatic N) is 2. The first-order valence-corrected chi connectivity index (χ1v) is 9.38. The molecule has 1 unspecified atom stereocenters. The number of aromatic nitrogens is 2. The molecule has 3 aromatic rings. The van der Waals surface area contributed by atoms with E-state index in [1.54, 1.807) is 49.4 Å². The smallest absolute Gasteiger partial charge is 0.287 e. The van der Waals surface area contributed by atoms with Gasteiger partial charge in [0.15, 0.2) is 5.69 Å². The Bertz CT molecular complexity index is 1070. The fourth-order valence-corrected chi connectivity index (χ4v) is 3.36. The summed E-state index contributed by atoms with van der Waals surface area (Å²) in [5.41, 5.74) is 6.32. The van der Waals surface area contributed by atoms with E-state index in [-0.39, 0.29) is 23.4 Å². The fourth-order valence-electron chi connectivity index (χ4n) is 2.80. The van der Waals surface area contributed by atoms with Gasteiger partial charge in [-0.3, -0.25) is 14.4 Å². The number of hydrogen-bond acceptors (Lipinski definition) is 6. The monoisotopic (exact) mass is 412 g/mol. The van der Waals surface area contributed by atoms with Gasteiger partial charge in [0.1, 0.15) is 17.6 Å². The Morgan fingerprint density at radius 2 is 1.83 bits per heavy atom. The van der Waals surface area contributed by atoms with Crippen LogP contribution in [0, 0.1) is 12.7 Å². The second kappa shape index (κ2) is 8.70. The molecule has 29 heavy (non-hydrogen) atoms. The minimum atomic E-state index is -1.18. The van der Waals surface area contributed by atoms with E-state index in [4.69, 9.17) is 5.73 Å². The molecule has 1 aromatic heterocycles. The highest BCUT2D eigenvalue weighted by Gasteiger charge is 2.28. The number of rotatable bonds is 7. The van der Waals surface area contributed by atoms with Gasteiger partial charge in [-0.15, -0.1) is 0 Å². The van der Waals surface area contributed by atoms with Crippen LogP contribution < -0.4 is 11.1 Å². The molecule has 0 saturated carbocycles. The van der Waals surface area contributed by atoms with Crippen molar-refractivity contribution in [2.24, 2.45) is 5.73 Å². The third kappa shape index (κ3) is 4.52. The number of Topliss-reactive ketones (excluding diaryl/α,β-unsaturated/α-hetero) is 1. The molecule has 0 aliphatic carbocycles. The van der Waals surface area contributed by atoms with Gasteiger partial charge in [0.2, 0.25) is 5.78 Å². The Kier molecular flexibility index (Phi) is 6.08. The summed E-state index contributed by atoms with van der Waals surface area (Å²) in [6.45, 7) is 1.60. The summed E-state index contributed by atoms with van der Waals surface area (Å²) in [4.78, 5) is 36.4. The van der Waals surface area contributed by atoms with Crippen LogP contribution in [0.4, 0.5) is 4.39 Å². The number of primary amides is 1. The van der Waals surface area contributed by atoms with Crippen molar-refractivity contribution >= 4 is 29.3 Å². The van der Waals surface area contributed by atoms with E-state index in [0.717, 1.165) is 17.3 Å². The largest absolute Gasteiger partial charge is 0.363 e. The van der Waals surface area contributed by atoms with Crippen LogP contribution in [0.3, 0.4) is 0 Å². The number of aryl methyl sites for hydroxylation is 1. The number of amides is 2. The van der Waals surface area contributed by atoms with Crippen molar-refractivity contribution < 1.29 is 18.8 Å². The molecule has 0 aliphatic heterocycles. The number of carbonyl (C=O) groups excluding carboxylic acids is 3. The van der Waals surface area contributed by atoms with Crippen LogP contribution in [-0.4, -0.2) is 32.4 Å². The minimum absolute atomic E-state index is 0.0682. The molecule has 3 N–H and O–H groups in total. The average molecular weight is 412 g/mol. The molecule has 9 heteroatoms. The van der Waals surface area contributed by atoms with Gasteiger partial charge < -0.3 is 11.1 Å². The first kappa shape index (κ1) is 20.3. The van der Waals surface area contributed by atoms with Crippen LogP contribution >= 0.6 is 11.7 Å². The number of nitrogens with one attached hydrogen (secondary N) is 1. The van der Waals surface area contributed by atoms with Gasteiger partial charge in [0.05, 0.1) is 11.7 Å². The second-order valence-electron chi connectivity index (χ2n) is 6.34. The molecule has 7 nitrogen and oxygen atoms in total. The number of hydrogen-bond donors (Lipinski definition) is 2. The van der Waals surface area contributed by atoms with Crippen molar-refractivity contribution in [2.45, 2.75) is 19.4 Å². The van der Waals surface area contributed by atoms with E-state index >= 15 is 0 Å². The molecule has 3 rings (SSSR count). The summed E-state index contributed by atoms with van der Waals surface area (Å²) in [5.74, 6) is -3.35. The number of carbonyl (C=O) groups is 3. The maximum Gasteiger partial charge on any atom is 0.287 e. The minimum Gasteiger partial charge on any atom is -0.363 e. The van der Waals surface area contributed by atoms with Gasteiger partial charge in [0.25, 0.3) is 11.8 Å². The van der Waals surface area contributed by atoms with Gasteiger partial charge in [-0.2, -0.15) is 8.75 Å². The van der Waals surface area contributed by atoms with Crippen LogP contribution in [0.5, 0.6) is 0 Å². The molecule has 0 saturated heterocycles. The Hall–Kier alpha value is -3.46. The third-order valence-electron chi connectivity index (χ3n) is 4.30. The lowest BCUT2D eigenvalue weighted by Gasteiger charge is -2.16. The van der Waals surface area contributed by atoms with Crippen LogP contribution in [0.1, 0.15) is 21.6 Å². The van der Waals surface area contributed by atoms with E-state index in [1.807, 2.05) is 0 Å². The normalized spacial score (nSPS) is 11.7. The molecular formula is C20H17FN4O3S. The first-order valence-electron chi connectivity index (χ1n) is 8.65. The molecule has 0 aliphatic rings. The van der Waals surface area contributed by atoms with E-state index in [0.29, 0.717) is 5.56 Å². The Morgan fingerprint density at radius 1 is 1.10 bits per heavy atom. The summed E-state index contributed by atoms with van der Waals surface area (Å²) in [7, 11) is 0. The SMILES string of the molecule is Cc1cccc(-c2nsnc2C(=O)NC(Cc2ccccc2)C(=O)C(N)=O)c1F. The molecule has 1 heterocycles. The van der Waals surface area contributed by atoms with Gasteiger partial charge >= 0.3 is 0 Å². The molecule has 2 aromatic carbocycles. The van der Waals surface area contributed by atoms with Crippen molar-refractivity contribution in [1.29, 1.82) is 0 Å². The molecule has 148 valence electrons. The molecule has 0 fully saturated rings. The average Bonchev–Trinajstić information content (AvgIpc) is 3.19. The van der Waals surface area contributed by atoms with Gasteiger partial charge in [-0.1, -0.05) is 42.5 Å². The standard InChI is InChI=1S/C20H17FN4O3S/c1-11-6-5-9-13(15(11)21)16-17(25-29-24-16)20(28)23-14(18(26)19(22)27)10-12-7-3-2-4-8-12/h2-9,14H,10H2,1H3,(H2,22,27)(H,23,28). The molecule has 0 radical (unpaired) electrons. The van der Waals surface area contributed by atoms with Crippen LogP contribution in [0.2, 0.25) is 0 Å². The molecule has 0 spiro atoms. The molecule has 2 amide bonds. The van der Waals surface area contributed by atoms with Crippen molar-refractivity contribution in [3.8, 4) is 11.3 Å². The Balaban J connectivity index is 1.89. The summed E-state index contributed by atoms with van der Waals surface area (Å²) >= 11 is 0.746. The summed E-state index contributed by atoms with van der Waals surface area (Å²) in [5, 5.41) is 2.49. The summed E-state index contributed by atoms with van der Waals surface area (Å²) in [6, 6.07) is 12.4. The summed E-state index contributed by atoms with van der Waals surface area (Å²) in [6.07, 6.45) is 0.0695. The molecular weight excluding hydrogens is 395 g/mol. The fraction of sp³-hybridized carbons (Fsp3) is 0.150. The zero-order chi connectivity index (χ0) is 21.0. The number of ketones is 1. The number of nitrogens with two attached hydrogens (primary N) is 1. The van der Waals surface area contributed by atoms with Gasteiger partial charge in [-0.05, 0) is 24.1 Å². The van der Waals surface area contributed by atoms with Crippen LogP contribution in [-0.2, 0) is 16.0 Å². The van der Waals surface area contributed by atoms with Crippen molar-refractivity contribution in [1.82, 2.24) is 14.1 Å². The zero-order valence-corrected chi connectivity index (χ0v) is 16.2. The van der Waals surface area contributed by atoms with Crippen molar-refractivity contribution in [3.63, 3.8) is 0 Å². The quantitative estimate of drug-likeness (QED) is 0.577. The predicted octanol–water partition coefficient (Wildman–Crippen LogP) is 2.05. The molecule has 1 atom stereocenters. The first-order chi connectivity index (χ1) is 13.9. The number of halogens is 1. The maximum atomic E-state index is 14.5. The van der Waals surface area contributed by atoms with E-state index in [1.165, 1.54) is 6.07 Å². The predicted molar refractivity (Wildman–Crippen MR) is 106 cm³/mol. The van der Waals surface area contributed by atoms with E-state index in [9.17, 15) is 18.8 Å². The lowest BCUT2D eigenvalue weighted by atomic mass is 10.0. The Morgan fingerprint density at radius 3 is 2.52 bits per heavy atom. The summed E-state index contributed by atoms with van der Waals surface area (Å²) < 4.78 is 22.5. The topological polar surface area (TPSA) is 115 Å². The lowest BCUT2D eigenvalue weighted by Crippen LogP contribution is -2.47. The Labute approximate surface area is 170 Å². The van der Waals surface area contributed by atoms with E-state index < -0.39 is 29.5 Å². The highest BCUT2D eigenvalue weighted by atomic mass is 32.1. The number of benzene rings is 2. The third-order valence-corrected chi connectivity index (χ3v) is 4.83. The zero-order valence-electron chi connectivity index (χ0n) is 15.4. The van der Waals surface area contributed by atoms with Crippen LogP contribution in [0.25, 0.3) is 11.3 Å². The van der Waals surface area contributed by atoms with Gasteiger partial charge in [0, 0.05) is 12.0 Å². The van der Waals surface area contributed by atoms with Gasteiger partial charge in [-0.25, -0.2) is 4.39 Å². The highest BCUT2D eigenvalue weighted by molar-refractivity contribution is 6.99. The van der Waals surface area contributed by atoms with Crippen molar-refractivity contribution in [3.05, 3.63) is 71.2 Å². The maximum absolute atomic E-state index is 14.5. The van der Waals surface area contributed by atoms with E-state index in [2.05, 4.69) is 14.1 Å². The van der Waals surface area contributed by atoms with Crippen LogP contribution in [0.15, 0.2) is 48.5 Å². The lowest BCUT2D eigenvalue weighted by molar-refractivity contribution is -0.137. The molecule has 0 bridgehead atoms. The van der Waals surface area contributed by atoms with Crippen molar-refractivity contribution in [2.75, 3.05) is 0 Å². The second-order valence-corrected chi connectivity index (χ2v) is 6.87. The highest BCUT2D eigenvalue weighted by Crippen LogP contribution is 2.26.